The molecule has 0 atom stereocenters. The van der Waals surface area contributed by atoms with Crippen LogP contribution in [0.25, 0.3) is 0 Å². The van der Waals surface area contributed by atoms with E-state index >= 15 is 0 Å². The van der Waals surface area contributed by atoms with Crippen molar-refractivity contribution in [1.29, 1.82) is 0 Å². The first-order valence-corrected chi connectivity index (χ1v) is 0. The van der Waals surface area contributed by atoms with Gasteiger partial charge in [-0.25, -0.2) is 0 Å². The first-order chi connectivity index (χ1) is 0. The molecule has 0 fully saturated rings. The zero-order chi connectivity index (χ0) is 0. The van der Waals surface area contributed by atoms with Gasteiger partial charge < -0.3 is 5.48 Å². The summed E-state index contributed by atoms with van der Waals surface area (Å²) in [7, 11) is 0. The molecule has 0 amide bonds. The summed E-state index contributed by atoms with van der Waals surface area (Å²) < 4.78 is 0. The van der Waals surface area contributed by atoms with Crippen LogP contribution in [0.4, 0.5) is 0 Å². The van der Waals surface area contributed by atoms with Crippen molar-refractivity contribution in [2.24, 2.45) is 0 Å². The fraction of sp³-hybridized carbons (Fsp3) is 0. The van der Waals surface area contributed by atoms with Crippen LogP contribution >= 0.6 is 0 Å². The minimum atomic E-state index is 0. The van der Waals surface area contributed by atoms with Crippen LogP contribution in [0.1, 0.15) is 0 Å². The minimum Gasteiger partial charge on any atom is -0.412 e. The molecule has 1 nitrogen and oxygen atoms in total. The number of hydrogen-bond acceptors (Lipinski definition) is 0. The molecule has 2 N–H and O–H groups in total. The van der Waals surface area contributed by atoms with Crippen molar-refractivity contribution >= 4 is 0 Å². The molecule has 0 saturated carbocycles. The van der Waals surface area contributed by atoms with Gasteiger partial charge in [0.25, 0.3) is 0 Å². The third-order valence-corrected chi connectivity index (χ3v) is 0. The SMILES string of the molecule is O.[Cu].[Mn].[Ni]. The largest absolute Gasteiger partial charge is 0.412 e. The van der Waals surface area contributed by atoms with Crippen molar-refractivity contribution in [3.63, 3.8) is 0 Å². The van der Waals surface area contributed by atoms with Gasteiger partial charge in [0.05, 0.1) is 0 Å². The standard InChI is InChI=1S/Cu.Mn.Ni.H2O/h;;;1H2. The Morgan fingerprint density at radius 2 is 1.00 bits per heavy atom. The van der Waals surface area contributed by atoms with Gasteiger partial charge in [0, 0.05) is 50.6 Å². The molecule has 0 rings (SSSR count). The molecule has 36 valence electrons. The van der Waals surface area contributed by atoms with Crippen LogP contribution in [0.3, 0.4) is 0 Å². The molecule has 0 unspecified atom stereocenters. The van der Waals surface area contributed by atoms with Crippen LogP contribution in [0.2, 0.25) is 0 Å². The topological polar surface area (TPSA) is 31.5 Å². The van der Waals surface area contributed by atoms with Gasteiger partial charge in [0.1, 0.15) is 0 Å². The third-order valence-electron chi connectivity index (χ3n) is 0. The monoisotopic (exact) mass is 194 g/mol. The summed E-state index contributed by atoms with van der Waals surface area (Å²) in [5.41, 5.74) is 0. The zero-order valence-corrected chi connectivity index (χ0v) is 4.61. The maximum Gasteiger partial charge on any atom is 0 e. The minimum absolute atomic E-state index is 0. The maximum atomic E-state index is 0. The van der Waals surface area contributed by atoms with Gasteiger partial charge in [-0.15, -0.1) is 0 Å². The Kier molecular flexibility index (Phi) is 306. The van der Waals surface area contributed by atoms with Gasteiger partial charge >= 0.3 is 0 Å². The second kappa shape index (κ2) is 24.6. The molecule has 0 saturated heterocycles. The summed E-state index contributed by atoms with van der Waals surface area (Å²) in [6.45, 7) is 0. The van der Waals surface area contributed by atoms with Crippen molar-refractivity contribution in [3.05, 3.63) is 0 Å². The molecule has 0 bridgehead atoms. The molecule has 0 aliphatic rings. The first kappa shape index (κ1) is 49.8. The summed E-state index contributed by atoms with van der Waals surface area (Å²) in [6.07, 6.45) is 0. The van der Waals surface area contributed by atoms with E-state index in [9.17, 15) is 0 Å². The number of rotatable bonds is 0. The molecule has 0 aromatic carbocycles. The smallest absolute Gasteiger partial charge is 0 e. The summed E-state index contributed by atoms with van der Waals surface area (Å²) in [5, 5.41) is 0. The van der Waals surface area contributed by atoms with E-state index in [1.54, 1.807) is 0 Å². The number of hydrogen-bond donors (Lipinski definition) is 0. The fourth-order valence-electron chi connectivity index (χ4n) is 0. The Morgan fingerprint density at radius 1 is 1.00 bits per heavy atom. The van der Waals surface area contributed by atoms with Crippen LogP contribution < -0.4 is 0 Å². The van der Waals surface area contributed by atoms with Gasteiger partial charge in [-0.05, 0) is 0 Å². The fourth-order valence-corrected chi connectivity index (χ4v) is 0. The first-order valence-electron chi connectivity index (χ1n) is 0. The van der Waals surface area contributed by atoms with E-state index in [1.165, 1.54) is 0 Å². The van der Waals surface area contributed by atoms with Gasteiger partial charge in [0.15, 0.2) is 0 Å². The Morgan fingerprint density at radius 3 is 1.00 bits per heavy atom. The summed E-state index contributed by atoms with van der Waals surface area (Å²) in [6, 6.07) is 0. The van der Waals surface area contributed by atoms with E-state index in [-0.39, 0.29) is 56.1 Å². The van der Waals surface area contributed by atoms with Crippen molar-refractivity contribution in [2.45, 2.75) is 0 Å². The zero-order valence-electron chi connectivity index (χ0n) is 1.50. The molecule has 0 aliphatic heterocycles. The quantitative estimate of drug-likeness (QED) is 0.452. The van der Waals surface area contributed by atoms with E-state index in [2.05, 4.69) is 0 Å². The van der Waals surface area contributed by atoms with Gasteiger partial charge in [-0.2, -0.15) is 0 Å². The van der Waals surface area contributed by atoms with Gasteiger partial charge in [-0.1, -0.05) is 0 Å². The molecule has 0 aromatic heterocycles. The van der Waals surface area contributed by atoms with Crippen LogP contribution in [0.15, 0.2) is 0 Å². The van der Waals surface area contributed by atoms with Crippen molar-refractivity contribution < 1.29 is 56.1 Å². The molecular weight excluding hydrogens is 193 g/mol. The van der Waals surface area contributed by atoms with E-state index in [4.69, 9.17) is 0 Å². The summed E-state index contributed by atoms with van der Waals surface area (Å²) in [5.74, 6) is 0. The molecular formula is H2CuMnNiO. The molecule has 4 heavy (non-hydrogen) atoms. The van der Waals surface area contributed by atoms with E-state index in [1.807, 2.05) is 0 Å². The molecule has 4 heteroatoms. The molecule has 0 spiro atoms. The van der Waals surface area contributed by atoms with E-state index in [0.29, 0.717) is 0 Å². The van der Waals surface area contributed by atoms with Crippen LogP contribution in [0.5, 0.6) is 0 Å². The predicted octanol–water partition coefficient (Wildman–Crippen LogP) is -0.832. The van der Waals surface area contributed by atoms with Gasteiger partial charge in [0.2, 0.25) is 0 Å². The average molecular weight is 195 g/mol. The second-order valence-corrected chi connectivity index (χ2v) is 0. The third kappa shape index (κ3) is 9.74. The molecule has 0 heterocycles. The van der Waals surface area contributed by atoms with E-state index < -0.39 is 0 Å². The maximum absolute atomic E-state index is 0. The van der Waals surface area contributed by atoms with Crippen molar-refractivity contribution in [1.82, 2.24) is 0 Å². The predicted molar refractivity (Wildman–Crippen MR) is 3.61 cm³/mol. The summed E-state index contributed by atoms with van der Waals surface area (Å²) in [4.78, 5) is 0. The Balaban J connectivity index is 0. The van der Waals surface area contributed by atoms with Crippen LogP contribution in [0, 0.1) is 0 Å². The average Bonchev–Trinajstić information content (AvgIpc) is 0. The van der Waals surface area contributed by atoms with E-state index in [0.717, 1.165) is 0 Å². The summed E-state index contributed by atoms with van der Waals surface area (Å²) >= 11 is 0. The molecule has 0 aromatic rings. The normalized spacial score (nSPS) is 0. The van der Waals surface area contributed by atoms with Crippen LogP contribution in [-0.2, 0) is 50.6 Å². The Bertz CT molecular complexity index is 8.00. The molecule has 0 aliphatic carbocycles. The Hall–Kier alpha value is 1.49. The van der Waals surface area contributed by atoms with Crippen molar-refractivity contribution in [3.8, 4) is 0 Å². The van der Waals surface area contributed by atoms with Crippen molar-refractivity contribution in [2.75, 3.05) is 0 Å². The van der Waals surface area contributed by atoms with Crippen LogP contribution in [-0.4, -0.2) is 5.48 Å². The second-order valence-electron chi connectivity index (χ2n) is 0. The molecule has 2 radical (unpaired) electrons. The Labute approximate surface area is 56.1 Å². The van der Waals surface area contributed by atoms with Gasteiger partial charge in [-0.3, -0.25) is 0 Å².